The van der Waals surface area contributed by atoms with Gasteiger partial charge < -0.3 is 9.15 Å². The van der Waals surface area contributed by atoms with Gasteiger partial charge in [-0.1, -0.05) is 6.92 Å². The minimum atomic E-state index is -0.424. The van der Waals surface area contributed by atoms with Crippen molar-refractivity contribution in [3.63, 3.8) is 0 Å². The largest absolute Gasteiger partial charge is 0.489 e. The molecule has 0 saturated heterocycles. The quantitative estimate of drug-likeness (QED) is 0.474. The maximum Gasteiger partial charge on any atom is 0.269 e. The number of aryl methyl sites for hydroxylation is 1. The van der Waals surface area contributed by atoms with Crippen molar-refractivity contribution in [3.05, 3.63) is 70.1 Å². The van der Waals surface area contributed by atoms with Gasteiger partial charge in [0.1, 0.15) is 12.4 Å². The second kappa shape index (κ2) is 7.57. The highest BCUT2D eigenvalue weighted by Gasteiger charge is 2.08. The van der Waals surface area contributed by atoms with E-state index in [0.717, 1.165) is 24.0 Å². The van der Waals surface area contributed by atoms with E-state index in [4.69, 9.17) is 9.15 Å². The minimum absolute atomic E-state index is 0.0649. The lowest BCUT2D eigenvalue weighted by Crippen LogP contribution is -1.96. The summed E-state index contributed by atoms with van der Waals surface area (Å²) in [4.78, 5) is 10.2. The van der Waals surface area contributed by atoms with Gasteiger partial charge >= 0.3 is 0 Å². The fourth-order valence-electron chi connectivity index (χ4n) is 2.26. The van der Waals surface area contributed by atoms with Gasteiger partial charge in [0.15, 0.2) is 0 Å². The van der Waals surface area contributed by atoms with Gasteiger partial charge in [0.25, 0.3) is 5.69 Å². The van der Waals surface area contributed by atoms with Crippen LogP contribution in [0.5, 0.6) is 5.75 Å². The smallest absolute Gasteiger partial charge is 0.269 e. The van der Waals surface area contributed by atoms with Crippen molar-refractivity contribution in [1.29, 1.82) is 0 Å². The first-order valence-corrected chi connectivity index (χ1v) is 7.94. The number of nitro benzene ring substituents is 1. The average Bonchev–Trinajstić information content (AvgIpc) is 3.10. The normalized spacial score (nSPS) is 10.6. The van der Waals surface area contributed by atoms with E-state index >= 15 is 0 Å². The third-order valence-corrected chi connectivity index (χ3v) is 3.58. The van der Waals surface area contributed by atoms with Gasteiger partial charge in [-0.15, -0.1) is 10.2 Å². The molecule has 25 heavy (non-hydrogen) atoms. The number of hydrogen-bond donors (Lipinski definition) is 0. The molecular weight excluding hydrogens is 322 g/mol. The van der Waals surface area contributed by atoms with E-state index in [-0.39, 0.29) is 5.69 Å². The molecule has 0 N–H and O–H groups in total. The molecule has 0 fully saturated rings. The molecule has 0 aliphatic heterocycles. The molecule has 7 heteroatoms. The average molecular weight is 339 g/mol. The van der Waals surface area contributed by atoms with Crippen LogP contribution in [-0.4, -0.2) is 15.1 Å². The Kier molecular flexibility index (Phi) is 5.03. The van der Waals surface area contributed by atoms with E-state index in [1.54, 1.807) is 12.1 Å². The second-order valence-corrected chi connectivity index (χ2v) is 5.49. The van der Waals surface area contributed by atoms with E-state index < -0.39 is 4.92 Å². The van der Waals surface area contributed by atoms with E-state index in [1.165, 1.54) is 12.1 Å². The molecule has 0 atom stereocenters. The van der Waals surface area contributed by atoms with Crippen molar-refractivity contribution in [1.82, 2.24) is 10.2 Å². The van der Waals surface area contributed by atoms with Crippen LogP contribution in [0.1, 0.15) is 24.8 Å². The van der Waals surface area contributed by atoms with Gasteiger partial charge in [0, 0.05) is 24.1 Å². The zero-order chi connectivity index (χ0) is 17.6. The van der Waals surface area contributed by atoms with Crippen LogP contribution >= 0.6 is 0 Å². The summed E-state index contributed by atoms with van der Waals surface area (Å²) in [5.41, 5.74) is 1.75. The first-order valence-electron chi connectivity index (χ1n) is 7.94. The Bertz CT molecular complexity index is 842. The Morgan fingerprint density at radius 2 is 1.80 bits per heavy atom. The van der Waals surface area contributed by atoms with E-state index in [1.807, 2.05) is 24.3 Å². The summed E-state index contributed by atoms with van der Waals surface area (Å²) in [7, 11) is 0. The van der Waals surface area contributed by atoms with E-state index in [2.05, 4.69) is 17.1 Å². The van der Waals surface area contributed by atoms with Crippen LogP contribution in [0.3, 0.4) is 0 Å². The number of nitrogens with zero attached hydrogens (tertiary/aromatic N) is 3. The topological polar surface area (TPSA) is 91.3 Å². The predicted molar refractivity (Wildman–Crippen MR) is 91.2 cm³/mol. The standard InChI is InChI=1S/C18H17N3O4/c1-2-3-17-19-20-18(25-17)14-6-10-16(11-7-14)24-12-13-4-8-15(9-5-13)21(22)23/h4-11H,2-3,12H2,1H3. The van der Waals surface area contributed by atoms with Gasteiger partial charge in [-0.2, -0.15) is 0 Å². The number of non-ortho nitro benzene ring substituents is 1. The van der Waals surface area contributed by atoms with Crippen molar-refractivity contribution in [2.75, 3.05) is 0 Å². The molecule has 7 nitrogen and oxygen atoms in total. The molecule has 1 aromatic heterocycles. The summed E-state index contributed by atoms with van der Waals surface area (Å²) >= 11 is 0. The Labute approximate surface area is 144 Å². The second-order valence-electron chi connectivity index (χ2n) is 5.49. The van der Waals surface area contributed by atoms with Crippen LogP contribution in [0.25, 0.3) is 11.5 Å². The lowest BCUT2D eigenvalue weighted by Gasteiger charge is -2.06. The molecule has 0 bridgehead atoms. The molecule has 0 aliphatic rings. The van der Waals surface area contributed by atoms with Gasteiger partial charge in [0.2, 0.25) is 11.8 Å². The fraction of sp³-hybridized carbons (Fsp3) is 0.222. The van der Waals surface area contributed by atoms with Crippen LogP contribution in [0.15, 0.2) is 52.9 Å². The lowest BCUT2D eigenvalue weighted by molar-refractivity contribution is -0.384. The Morgan fingerprint density at radius 1 is 1.08 bits per heavy atom. The Balaban J connectivity index is 1.61. The van der Waals surface area contributed by atoms with Crippen LogP contribution in [0, 0.1) is 10.1 Å². The molecule has 128 valence electrons. The highest BCUT2D eigenvalue weighted by Crippen LogP contribution is 2.22. The van der Waals surface area contributed by atoms with Crippen molar-refractivity contribution in [2.24, 2.45) is 0 Å². The number of nitro groups is 1. The number of benzene rings is 2. The zero-order valence-electron chi connectivity index (χ0n) is 13.7. The summed E-state index contributed by atoms with van der Waals surface area (Å²) in [5, 5.41) is 18.7. The SMILES string of the molecule is CCCc1nnc(-c2ccc(OCc3ccc([N+](=O)[O-])cc3)cc2)o1. The Hall–Kier alpha value is -3.22. The first kappa shape index (κ1) is 16.6. The van der Waals surface area contributed by atoms with E-state index in [0.29, 0.717) is 24.1 Å². The highest BCUT2D eigenvalue weighted by molar-refractivity contribution is 5.54. The molecule has 0 amide bonds. The van der Waals surface area contributed by atoms with Crippen LogP contribution in [0.4, 0.5) is 5.69 Å². The van der Waals surface area contributed by atoms with Gasteiger partial charge in [-0.05, 0) is 48.4 Å². The molecule has 2 aromatic carbocycles. The monoisotopic (exact) mass is 339 g/mol. The van der Waals surface area contributed by atoms with Crippen LogP contribution in [-0.2, 0) is 13.0 Å². The van der Waals surface area contributed by atoms with E-state index in [9.17, 15) is 10.1 Å². The maximum atomic E-state index is 10.6. The third kappa shape index (κ3) is 4.20. The minimum Gasteiger partial charge on any atom is -0.489 e. The number of rotatable bonds is 7. The summed E-state index contributed by atoms with van der Waals surface area (Å²) in [5.74, 6) is 1.82. The van der Waals surface area contributed by atoms with Crippen molar-refractivity contribution in [2.45, 2.75) is 26.4 Å². The molecule has 1 heterocycles. The summed E-state index contributed by atoms with van der Waals surface area (Å²) in [6, 6.07) is 13.6. The summed E-state index contributed by atoms with van der Waals surface area (Å²) < 4.78 is 11.3. The Morgan fingerprint density at radius 3 is 2.44 bits per heavy atom. The molecular formula is C18H17N3O4. The summed E-state index contributed by atoms with van der Waals surface area (Å²) in [6.45, 7) is 2.39. The predicted octanol–water partition coefficient (Wildman–Crippen LogP) is 4.18. The van der Waals surface area contributed by atoms with Crippen molar-refractivity contribution < 1.29 is 14.1 Å². The summed E-state index contributed by atoms with van der Waals surface area (Å²) in [6.07, 6.45) is 1.72. The number of ether oxygens (including phenoxy) is 1. The third-order valence-electron chi connectivity index (χ3n) is 3.58. The van der Waals surface area contributed by atoms with Crippen molar-refractivity contribution >= 4 is 5.69 Å². The lowest BCUT2D eigenvalue weighted by atomic mass is 10.2. The fourth-order valence-corrected chi connectivity index (χ4v) is 2.26. The molecule has 3 aromatic rings. The maximum absolute atomic E-state index is 10.6. The number of hydrogen-bond acceptors (Lipinski definition) is 6. The molecule has 0 aliphatic carbocycles. The molecule has 3 rings (SSSR count). The highest BCUT2D eigenvalue weighted by atomic mass is 16.6. The van der Waals surface area contributed by atoms with Crippen LogP contribution < -0.4 is 4.74 Å². The van der Waals surface area contributed by atoms with Gasteiger partial charge in [-0.25, -0.2) is 0 Å². The molecule has 0 unspecified atom stereocenters. The zero-order valence-corrected chi connectivity index (χ0v) is 13.7. The molecule has 0 radical (unpaired) electrons. The van der Waals surface area contributed by atoms with Gasteiger partial charge in [0.05, 0.1) is 4.92 Å². The first-order chi connectivity index (χ1) is 12.2. The van der Waals surface area contributed by atoms with Gasteiger partial charge in [-0.3, -0.25) is 10.1 Å². The number of aromatic nitrogens is 2. The van der Waals surface area contributed by atoms with Crippen molar-refractivity contribution in [3.8, 4) is 17.2 Å². The molecule has 0 saturated carbocycles. The van der Waals surface area contributed by atoms with Crippen LogP contribution in [0.2, 0.25) is 0 Å². The molecule has 0 spiro atoms.